The first-order valence-electron chi connectivity index (χ1n) is 7.30. The molecule has 1 amide bonds. The van der Waals surface area contributed by atoms with Crippen molar-refractivity contribution in [3.8, 4) is 0 Å². The molecule has 0 radical (unpaired) electrons. The van der Waals surface area contributed by atoms with E-state index < -0.39 is 0 Å². The van der Waals surface area contributed by atoms with E-state index in [9.17, 15) is 4.79 Å². The zero-order chi connectivity index (χ0) is 14.2. The van der Waals surface area contributed by atoms with Gasteiger partial charge in [0.05, 0.1) is 0 Å². The van der Waals surface area contributed by atoms with Gasteiger partial charge in [-0.3, -0.25) is 4.79 Å². The van der Waals surface area contributed by atoms with Gasteiger partial charge in [0.2, 0.25) is 0 Å². The smallest absolute Gasteiger partial charge is 0.258 e. The number of fused-ring (bicyclic) bond motifs is 2. The molecule has 3 nitrogen and oxygen atoms in total. The molecule has 0 spiro atoms. The largest absolute Gasteiger partial charge is 0.361 e. The molecule has 0 atom stereocenters. The minimum absolute atomic E-state index is 0.0882. The lowest BCUT2D eigenvalue weighted by Gasteiger charge is -2.29. The van der Waals surface area contributed by atoms with Crippen molar-refractivity contribution < 1.29 is 4.79 Å². The predicted octanol–water partition coefficient (Wildman–Crippen LogP) is 3.76. The second-order valence-electron chi connectivity index (χ2n) is 5.47. The summed E-state index contributed by atoms with van der Waals surface area (Å²) in [5.41, 5.74) is 4.13. The molecule has 0 saturated carbocycles. The lowest BCUT2D eigenvalue weighted by molar-refractivity contribution is 0.0985. The van der Waals surface area contributed by atoms with Crippen LogP contribution in [-0.2, 0) is 6.42 Å². The molecule has 3 heteroatoms. The fraction of sp³-hybridized carbons (Fsp3) is 0.167. The minimum atomic E-state index is 0.0882. The van der Waals surface area contributed by atoms with Crippen LogP contribution in [0.15, 0.2) is 54.7 Å². The molecule has 1 aliphatic rings. The third-order valence-corrected chi connectivity index (χ3v) is 4.16. The van der Waals surface area contributed by atoms with Crippen LogP contribution >= 0.6 is 0 Å². The Kier molecular flexibility index (Phi) is 2.78. The van der Waals surface area contributed by atoms with Crippen LogP contribution in [0, 0.1) is 0 Å². The lowest BCUT2D eigenvalue weighted by Crippen LogP contribution is -2.35. The van der Waals surface area contributed by atoms with Crippen molar-refractivity contribution in [3.63, 3.8) is 0 Å². The summed E-state index contributed by atoms with van der Waals surface area (Å²) >= 11 is 0. The Morgan fingerprint density at radius 3 is 2.95 bits per heavy atom. The van der Waals surface area contributed by atoms with E-state index in [4.69, 9.17) is 0 Å². The number of aromatic amines is 1. The first-order chi connectivity index (χ1) is 10.3. The van der Waals surface area contributed by atoms with Crippen LogP contribution in [0.3, 0.4) is 0 Å². The summed E-state index contributed by atoms with van der Waals surface area (Å²) in [6, 6.07) is 16.0. The number of para-hydroxylation sites is 1. The van der Waals surface area contributed by atoms with Gasteiger partial charge in [-0.1, -0.05) is 18.2 Å². The normalized spacial score (nSPS) is 14.2. The van der Waals surface area contributed by atoms with Crippen molar-refractivity contribution in [1.29, 1.82) is 0 Å². The maximum atomic E-state index is 12.8. The van der Waals surface area contributed by atoms with E-state index >= 15 is 0 Å². The molecule has 1 aromatic heterocycles. The minimum Gasteiger partial charge on any atom is -0.361 e. The van der Waals surface area contributed by atoms with Gasteiger partial charge in [-0.15, -0.1) is 0 Å². The number of amides is 1. The number of carbonyl (C=O) groups is 1. The molecule has 0 unspecified atom stereocenters. The number of aromatic nitrogens is 1. The summed E-state index contributed by atoms with van der Waals surface area (Å²) in [6.45, 7) is 0.793. The summed E-state index contributed by atoms with van der Waals surface area (Å²) in [5, 5.41) is 1.08. The Balaban J connectivity index is 1.75. The monoisotopic (exact) mass is 276 g/mol. The summed E-state index contributed by atoms with van der Waals surface area (Å²) in [6.07, 6.45) is 3.97. The van der Waals surface area contributed by atoms with Crippen LogP contribution < -0.4 is 4.90 Å². The molecule has 104 valence electrons. The molecule has 0 bridgehead atoms. The number of hydrogen-bond donors (Lipinski definition) is 1. The van der Waals surface area contributed by atoms with Crippen molar-refractivity contribution in [3.05, 3.63) is 65.9 Å². The van der Waals surface area contributed by atoms with Gasteiger partial charge < -0.3 is 9.88 Å². The Labute approximate surface area is 123 Å². The summed E-state index contributed by atoms with van der Waals surface area (Å²) in [5.74, 6) is 0.0882. The molecule has 4 rings (SSSR count). The highest BCUT2D eigenvalue weighted by Crippen LogP contribution is 2.28. The molecular weight excluding hydrogens is 260 g/mol. The Hall–Kier alpha value is -2.55. The van der Waals surface area contributed by atoms with Crippen LogP contribution in [0.5, 0.6) is 0 Å². The molecular formula is C18H16N2O. The van der Waals surface area contributed by atoms with Gasteiger partial charge in [-0.25, -0.2) is 0 Å². The number of rotatable bonds is 1. The van der Waals surface area contributed by atoms with Gasteiger partial charge in [0, 0.05) is 34.9 Å². The van der Waals surface area contributed by atoms with E-state index in [1.165, 1.54) is 5.56 Å². The molecule has 3 aromatic rings. The van der Waals surface area contributed by atoms with Gasteiger partial charge in [-0.2, -0.15) is 0 Å². The van der Waals surface area contributed by atoms with Gasteiger partial charge in [-0.05, 0) is 48.7 Å². The number of carbonyl (C=O) groups excluding carboxylic acids is 1. The van der Waals surface area contributed by atoms with Crippen LogP contribution in [0.25, 0.3) is 10.9 Å². The molecule has 2 heterocycles. The van der Waals surface area contributed by atoms with Crippen molar-refractivity contribution >= 4 is 22.5 Å². The maximum Gasteiger partial charge on any atom is 0.258 e. The van der Waals surface area contributed by atoms with Gasteiger partial charge in [0.25, 0.3) is 5.91 Å². The molecule has 0 aliphatic carbocycles. The second kappa shape index (κ2) is 4.77. The Bertz CT molecular complexity index is 819. The number of H-pyrrole nitrogens is 1. The van der Waals surface area contributed by atoms with E-state index in [1.54, 1.807) is 0 Å². The van der Waals surface area contributed by atoms with E-state index in [0.29, 0.717) is 0 Å². The van der Waals surface area contributed by atoms with Crippen LogP contribution in [0.2, 0.25) is 0 Å². The van der Waals surface area contributed by atoms with E-state index in [0.717, 1.165) is 41.5 Å². The first kappa shape index (κ1) is 12.2. The van der Waals surface area contributed by atoms with E-state index in [-0.39, 0.29) is 5.91 Å². The standard InChI is InChI=1S/C18H16N2O/c21-18(15-7-8-16-14(12-15)9-10-19-16)20-11-3-5-13-4-1-2-6-17(13)20/h1-2,4,6-10,12,19H,3,5,11H2. The Morgan fingerprint density at radius 2 is 2.00 bits per heavy atom. The molecule has 21 heavy (non-hydrogen) atoms. The zero-order valence-corrected chi connectivity index (χ0v) is 11.7. The van der Waals surface area contributed by atoms with Gasteiger partial charge >= 0.3 is 0 Å². The third kappa shape index (κ3) is 2.02. The molecule has 2 aromatic carbocycles. The van der Waals surface area contributed by atoms with Gasteiger partial charge in [0.1, 0.15) is 0 Å². The van der Waals surface area contributed by atoms with Crippen LogP contribution in [0.4, 0.5) is 5.69 Å². The Morgan fingerprint density at radius 1 is 1.10 bits per heavy atom. The number of nitrogens with one attached hydrogen (secondary N) is 1. The van der Waals surface area contributed by atoms with Crippen molar-refractivity contribution in [2.24, 2.45) is 0 Å². The highest BCUT2D eigenvalue weighted by Gasteiger charge is 2.23. The number of hydrogen-bond acceptors (Lipinski definition) is 1. The topological polar surface area (TPSA) is 36.1 Å². The molecule has 1 aliphatic heterocycles. The summed E-state index contributed by atoms with van der Waals surface area (Å²) in [7, 11) is 0. The molecule has 1 N–H and O–H groups in total. The zero-order valence-electron chi connectivity index (χ0n) is 11.7. The average Bonchev–Trinajstić information content (AvgIpc) is 3.01. The average molecular weight is 276 g/mol. The first-order valence-corrected chi connectivity index (χ1v) is 7.30. The number of benzene rings is 2. The second-order valence-corrected chi connectivity index (χ2v) is 5.47. The molecule has 0 fully saturated rings. The number of aryl methyl sites for hydroxylation is 1. The van der Waals surface area contributed by atoms with Gasteiger partial charge in [0.15, 0.2) is 0 Å². The van der Waals surface area contributed by atoms with Crippen molar-refractivity contribution in [2.45, 2.75) is 12.8 Å². The molecule has 0 saturated heterocycles. The summed E-state index contributed by atoms with van der Waals surface area (Å²) < 4.78 is 0. The van der Waals surface area contributed by atoms with Crippen molar-refractivity contribution in [2.75, 3.05) is 11.4 Å². The van der Waals surface area contributed by atoms with E-state index in [1.807, 2.05) is 53.6 Å². The maximum absolute atomic E-state index is 12.8. The quantitative estimate of drug-likeness (QED) is 0.721. The fourth-order valence-corrected chi connectivity index (χ4v) is 3.09. The highest BCUT2D eigenvalue weighted by molar-refractivity contribution is 6.08. The van der Waals surface area contributed by atoms with E-state index in [2.05, 4.69) is 11.1 Å². The SMILES string of the molecule is O=C(c1ccc2[nH]ccc2c1)N1CCCc2ccccc21. The van der Waals surface area contributed by atoms with Crippen LogP contribution in [0.1, 0.15) is 22.3 Å². The summed E-state index contributed by atoms with van der Waals surface area (Å²) in [4.78, 5) is 17.9. The predicted molar refractivity (Wildman–Crippen MR) is 84.7 cm³/mol. The van der Waals surface area contributed by atoms with Crippen molar-refractivity contribution in [1.82, 2.24) is 4.98 Å². The third-order valence-electron chi connectivity index (χ3n) is 4.16. The van der Waals surface area contributed by atoms with Crippen LogP contribution in [-0.4, -0.2) is 17.4 Å². The number of nitrogens with zero attached hydrogens (tertiary/aromatic N) is 1. The highest BCUT2D eigenvalue weighted by atomic mass is 16.2. The fourth-order valence-electron chi connectivity index (χ4n) is 3.09. The number of anilines is 1. The lowest BCUT2D eigenvalue weighted by atomic mass is 10.0.